The molecule has 0 saturated carbocycles. The van der Waals surface area contributed by atoms with Crippen LogP contribution < -0.4 is 10.6 Å². The monoisotopic (exact) mass is 763 g/mol. The second-order valence-corrected chi connectivity index (χ2v) is 16.3. The Balaban J connectivity index is 1.39. The first kappa shape index (κ1) is 48.1. The van der Waals surface area contributed by atoms with Gasteiger partial charge >= 0.3 is 0 Å². The Morgan fingerprint density at radius 1 is 0.436 bits per heavy atom. The van der Waals surface area contributed by atoms with Crippen LogP contribution in [0, 0.1) is 0 Å². The van der Waals surface area contributed by atoms with Crippen molar-refractivity contribution in [2.24, 2.45) is 0 Å². The van der Waals surface area contributed by atoms with Gasteiger partial charge in [0.2, 0.25) is 11.8 Å². The molecule has 0 fully saturated rings. The molecule has 0 aliphatic rings. The highest BCUT2D eigenvalue weighted by molar-refractivity contribution is 5.78. The second kappa shape index (κ2) is 33.2. The summed E-state index contributed by atoms with van der Waals surface area (Å²) in [5, 5.41) is 26.5. The highest BCUT2D eigenvalue weighted by Crippen LogP contribution is 2.35. The molecule has 2 atom stereocenters. The third kappa shape index (κ3) is 24.3. The van der Waals surface area contributed by atoms with Gasteiger partial charge < -0.3 is 20.8 Å². The number of unbranched alkanes of at least 4 members (excludes halogenated alkanes) is 20. The summed E-state index contributed by atoms with van der Waals surface area (Å²) in [6.45, 7) is 4.73. The van der Waals surface area contributed by atoms with Crippen LogP contribution >= 0.6 is 0 Å². The van der Waals surface area contributed by atoms with Crippen molar-refractivity contribution in [1.82, 2.24) is 10.6 Å². The van der Waals surface area contributed by atoms with Gasteiger partial charge in [0.15, 0.2) is 0 Å². The van der Waals surface area contributed by atoms with Crippen LogP contribution in [0.25, 0.3) is 0 Å². The fraction of sp³-hybridized carbons (Fsp3) is 0.714. The summed E-state index contributed by atoms with van der Waals surface area (Å²) in [6, 6.07) is 15.8. The van der Waals surface area contributed by atoms with E-state index in [9.17, 15) is 19.8 Å². The van der Waals surface area contributed by atoms with E-state index >= 15 is 0 Å². The normalized spacial score (nSPS) is 12.4. The molecule has 6 nitrogen and oxygen atoms in total. The Kier molecular flexibility index (Phi) is 29.0. The standard InChI is InChI=1S/C49H82N2O4/c1-3-5-7-21-31-42(44-35-27-29-37-46(44)52)33-23-17-13-9-11-15-19-25-39-48(54)50-41-51-49(55)40-26-20-16-12-10-14-18-24-34-43(32-22-8-6-4-2)45-36-28-30-38-47(45)53/h27-30,35-38,42-43,52-53H,3-26,31-34,39-41H2,1-2H3,(H,50,54)(H,51,55). The number of carbonyl (C=O) groups excluding carboxylic acids is 2. The summed E-state index contributed by atoms with van der Waals surface area (Å²) in [5.41, 5.74) is 2.26. The lowest BCUT2D eigenvalue weighted by atomic mass is 9.87. The number of hydrogen-bond donors (Lipinski definition) is 4. The number of phenols is 2. The predicted octanol–water partition coefficient (Wildman–Crippen LogP) is 13.9. The molecule has 0 bridgehead atoms. The lowest BCUT2D eigenvalue weighted by molar-refractivity contribution is -0.123. The molecule has 0 spiro atoms. The van der Waals surface area contributed by atoms with Crippen LogP contribution in [-0.4, -0.2) is 28.7 Å². The number of hydrogen-bond acceptors (Lipinski definition) is 4. The fourth-order valence-electron chi connectivity index (χ4n) is 8.10. The molecule has 0 heterocycles. The fourth-order valence-corrected chi connectivity index (χ4v) is 8.10. The lowest BCUT2D eigenvalue weighted by Crippen LogP contribution is -2.37. The third-order valence-corrected chi connectivity index (χ3v) is 11.5. The second-order valence-electron chi connectivity index (χ2n) is 16.3. The van der Waals surface area contributed by atoms with E-state index in [1.807, 2.05) is 24.3 Å². The van der Waals surface area contributed by atoms with E-state index in [0.717, 1.165) is 49.7 Å². The van der Waals surface area contributed by atoms with Gasteiger partial charge in [-0.15, -0.1) is 0 Å². The first-order chi connectivity index (χ1) is 27.0. The molecule has 2 amide bonds. The van der Waals surface area contributed by atoms with E-state index in [-0.39, 0.29) is 18.5 Å². The maximum Gasteiger partial charge on any atom is 0.221 e. The smallest absolute Gasteiger partial charge is 0.221 e. The molecule has 2 unspecified atom stereocenters. The minimum atomic E-state index is 0.0229. The maximum absolute atomic E-state index is 12.2. The van der Waals surface area contributed by atoms with Crippen molar-refractivity contribution in [3.8, 4) is 11.5 Å². The Morgan fingerprint density at radius 3 is 1.05 bits per heavy atom. The number of rotatable bonds is 36. The van der Waals surface area contributed by atoms with Gasteiger partial charge in [0.05, 0.1) is 6.67 Å². The molecule has 2 aromatic carbocycles. The maximum atomic E-state index is 12.2. The minimum Gasteiger partial charge on any atom is -0.508 e. The lowest BCUT2D eigenvalue weighted by Gasteiger charge is -2.18. The highest BCUT2D eigenvalue weighted by Gasteiger charge is 2.16. The summed E-state index contributed by atoms with van der Waals surface area (Å²) < 4.78 is 0. The van der Waals surface area contributed by atoms with Gasteiger partial charge in [0, 0.05) is 12.8 Å². The van der Waals surface area contributed by atoms with Crippen LogP contribution in [0.2, 0.25) is 0 Å². The van der Waals surface area contributed by atoms with Crippen molar-refractivity contribution < 1.29 is 19.8 Å². The first-order valence-corrected chi connectivity index (χ1v) is 23.0. The quantitative estimate of drug-likeness (QED) is 0.0410. The van der Waals surface area contributed by atoms with Gasteiger partial charge in [0.1, 0.15) is 11.5 Å². The van der Waals surface area contributed by atoms with E-state index in [1.54, 1.807) is 0 Å². The van der Waals surface area contributed by atoms with Gasteiger partial charge in [-0.2, -0.15) is 0 Å². The van der Waals surface area contributed by atoms with Crippen LogP contribution in [0.5, 0.6) is 11.5 Å². The summed E-state index contributed by atoms with van der Waals surface area (Å²) in [7, 11) is 0. The van der Waals surface area contributed by atoms with E-state index < -0.39 is 0 Å². The molecule has 312 valence electrons. The molecule has 0 aliphatic heterocycles. The summed E-state index contributed by atoms with van der Waals surface area (Å²) >= 11 is 0. The highest BCUT2D eigenvalue weighted by atomic mass is 16.3. The summed E-state index contributed by atoms with van der Waals surface area (Å²) in [5.74, 6) is 1.88. The SMILES string of the molecule is CCCCCCC(CCCCCCCCCCC(=O)NCNC(=O)CCCCCCCCCCC(CCCCCC)c1ccccc1O)c1ccccc1O. The number of amides is 2. The van der Waals surface area contributed by atoms with Gasteiger partial charge in [0.25, 0.3) is 0 Å². The minimum absolute atomic E-state index is 0.0229. The van der Waals surface area contributed by atoms with Gasteiger partial charge in [-0.05, 0) is 73.6 Å². The Labute approximate surface area is 337 Å². The molecular weight excluding hydrogens is 681 g/mol. The van der Waals surface area contributed by atoms with Crippen molar-refractivity contribution in [3.05, 3.63) is 59.7 Å². The molecule has 0 radical (unpaired) electrons. The summed E-state index contributed by atoms with van der Waals surface area (Å²) in [6.07, 6.45) is 34.5. The molecule has 6 heteroatoms. The number of carbonyl (C=O) groups is 2. The largest absolute Gasteiger partial charge is 0.508 e. The first-order valence-electron chi connectivity index (χ1n) is 23.0. The van der Waals surface area contributed by atoms with Crippen LogP contribution in [0.3, 0.4) is 0 Å². The zero-order valence-electron chi connectivity index (χ0n) is 35.4. The van der Waals surface area contributed by atoms with Crippen molar-refractivity contribution >= 4 is 11.8 Å². The number of benzene rings is 2. The zero-order chi connectivity index (χ0) is 39.6. The molecule has 55 heavy (non-hydrogen) atoms. The molecule has 0 aromatic heterocycles. The van der Waals surface area contributed by atoms with Crippen molar-refractivity contribution in [2.45, 2.75) is 218 Å². The van der Waals surface area contributed by atoms with E-state index in [1.165, 1.54) is 141 Å². The molecule has 4 N–H and O–H groups in total. The molecule has 0 saturated heterocycles. The van der Waals surface area contributed by atoms with E-state index in [0.29, 0.717) is 36.2 Å². The van der Waals surface area contributed by atoms with Crippen LogP contribution in [0.1, 0.15) is 229 Å². The summed E-state index contributed by atoms with van der Waals surface area (Å²) in [4.78, 5) is 24.4. The van der Waals surface area contributed by atoms with Crippen LogP contribution in [0.4, 0.5) is 0 Å². The molecule has 2 aromatic rings. The molecule has 0 aliphatic carbocycles. The van der Waals surface area contributed by atoms with Crippen molar-refractivity contribution in [1.29, 1.82) is 0 Å². The van der Waals surface area contributed by atoms with E-state index in [4.69, 9.17) is 0 Å². The van der Waals surface area contributed by atoms with Gasteiger partial charge in [-0.1, -0.05) is 192 Å². The molecular formula is C49H82N2O4. The van der Waals surface area contributed by atoms with Crippen LogP contribution in [-0.2, 0) is 9.59 Å². The molecule has 2 rings (SSSR count). The Bertz CT molecular complexity index is 1140. The Hall–Kier alpha value is -3.02. The predicted molar refractivity (Wildman–Crippen MR) is 233 cm³/mol. The Morgan fingerprint density at radius 2 is 0.727 bits per heavy atom. The average molecular weight is 763 g/mol. The number of nitrogens with one attached hydrogen (secondary N) is 2. The number of aromatic hydroxyl groups is 2. The van der Waals surface area contributed by atoms with E-state index in [2.05, 4.69) is 48.7 Å². The van der Waals surface area contributed by atoms with Crippen molar-refractivity contribution in [3.63, 3.8) is 0 Å². The number of para-hydroxylation sites is 2. The zero-order valence-corrected chi connectivity index (χ0v) is 35.4. The van der Waals surface area contributed by atoms with Crippen molar-refractivity contribution in [2.75, 3.05) is 6.67 Å². The topological polar surface area (TPSA) is 98.7 Å². The van der Waals surface area contributed by atoms with Gasteiger partial charge in [-0.25, -0.2) is 0 Å². The average Bonchev–Trinajstić information content (AvgIpc) is 3.18. The van der Waals surface area contributed by atoms with Crippen LogP contribution in [0.15, 0.2) is 48.5 Å². The number of phenolic OH excluding ortho intramolecular Hbond substituents is 2. The van der Waals surface area contributed by atoms with Gasteiger partial charge in [-0.3, -0.25) is 9.59 Å². The third-order valence-electron chi connectivity index (χ3n) is 11.5.